The molecule has 4 nitrogen and oxygen atoms in total. The van der Waals surface area contributed by atoms with Gasteiger partial charge in [-0.2, -0.15) is 0 Å². The summed E-state index contributed by atoms with van der Waals surface area (Å²) < 4.78 is 0. The van der Waals surface area contributed by atoms with E-state index in [2.05, 4.69) is 33.6 Å². The van der Waals surface area contributed by atoms with Gasteiger partial charge in [0.15, 0.2) is 0 Å². The minimum Gasteiger partial charge on any atom is -0.335 e. The van der Waals surface area contributed by atoms with Gasteiger partial charge < -0.3 is 4.90 Å². The van der Waals surface area contributed by atoms with Crippen LogP contribution < -0.4 is 4.90 Å². The van der Waals surface area contributed by atoms with Crippen molar-refractivity contribution in [2.75, 3.05) is 18.0 Å². The molecule has 0 saturated carbocycles. The van der Waals surface area contributed by atoms with Crippen LogP contribution in [0.25, 0.3) is 0 Å². The minimum absolute atomic E-state index is 0.615. The zero-order valence-corrected chi connectivity index (χ0v) is 10.8. The van der Waals surface area contributed by atoms with Crippen molar-refractivity contribution >= 4 is 5.95 Å². The molecule has 0 N–H and O–H groups in total. The molecule has 2 aliphatic rings. The van der Waals surface area contributed by atoms with E-state index >= 15 is 0 Å². The van der Waals surface area contributed by atoms with Crippen LogP contribution in [-0.4, -0.2) is 46.1 Å². The van der Waals surface area contributed by atoms with E-state index in [9.17, 15) is 0 Å². The maximum absolute atomic E-state index is 4.54. The highest BCUT2D eigenvalue weighted by molar-refractivity contribution is 5.37. The quantitative estimate of drug-likeness (QED) is 0.772. The summed E-state index contributed by atoms with van der Waals surface area (Å²) in [5, 5.41) is 0. The van der Waals surface area contributed by atoms with Gasteiger partial charge in [0.25, 0.3) is 0 Å². The van der Waals surface area contributed by atoms with Gasteiger partial charge in [-0.3, -0.25) is 4.90 Å². The highest BCUT2D eigenvalue weighted by atomic mass is 15.4. The molecule has 1 aromatic rings. The Morgan fingerprint density at radius 2 is 2.12 bits per heavy atom. The lowest BCUT2D eigenvalue weighted by Crippen LogP contribution is -2.49. The van der Waals surface area contributed by atoms with E-state index in [1.807, 2.05) is 19.2 Å². The number of aryl methyl sites for hydroxylation is 1. The molecular formula is C13H20N4. The first-order valence-corrected chi connectivity index (χ1v) is 6.47. The number of fused-ring (bicyclic) bond motifs is 2. The van der Waals surface area contributed by atoms with Crippen LogP contribution in [0.3, 0.4) is 0 Å². The van der Waals surface area contributed by atoms with Gasteiger partial charge >= 0.3 is 0 Å². The molecule has 3 heterocycles. The number of likely N-dealkylation sites (tertiary alicyclic amines) is 1. The number of anilines is 1. The maximum Gasteiger partial charge on any atom is 0.225 e. The molecule has 1 aromatic heterocycles. The second-order valence-corrected chi connectivity index (χ2v) is 5.48. The summed E-state index contributed by atoms with van der Waals surface area (Å²) in [7, 11) is 0. The van der Waals surface area contributed by atoms with Gasteiger partial charge in [-0.15, -0.1) is 0 Å². The van der Waals surface area contributed by atoms with Crippen molar-refractivity contribution in [1.82, 2.24) is 14.9 Å². The van der Waals surface area contributed by atoms with Crippen LogP contribution in [0.2, 0.25) is 0 Å². The van der Waals surface area contributed by atoms with Crippen LogP contribution in [0.15, 0.2) is 12.3 Å². The molecule has 2 aliphatic heterocycles. The average Bonchev–Trinajstić information content (AvgIpc) is 2.87. The molecule has 2 bridgehead atoms. The molecule has 17 heavy (non-hydrogen) atoms. The van der Waals surface area contributed by atoms with Gasteiger partial charge in [0.2, 0.25) is 5.95 Å². The summed E-state index contributed by atoms with van der Waals surface area (Å²) in [5.41, 5.74) is 1.05. The fourth-order valence-corrected chi connectivity index (χ4v) is 3.15. The Morgan fingerprint density at radius 3 is 2.71 bits per heavy atom. The maximum atomic E-state index is 4.54. The van der Waals surface area contributed by atoms with Crippen LogP contribution in [0.5, 0.6) is 0 Å². The second-order valence-electron chi connectivity index (χ2n) is 5.48. The Balaban J connectivity index is 1.78. The van der Waals surface area contributed by atoms with Gasteiger partial charge in [0.05, 0.1) is 0 Å². The Bertz CT molecular complexity index is 418. The molecule has 2 saturated heterocycles. The Morgan fingerprint density at radius 1 is 1.29 bits per heavy atom. The van der Waals surface area contributed by atoms with Gasteiger partial charge in [-0.05, 0) is 33.3 Å². The van der Waals surface area contributed by atoms with Crippen molar-refractivity contribution in [1.29, 1.82) is 0 Å². The fraction of sp³-hybridized carbons (Fsp3) is 0.692. The molecule has 0 radical (unpaired) electrons. The second kappa shape index (κ2) is 3.95. The van der Waals surface area contributed by atoms with Crippen LogP contribution >= 0.6 is 0 Å². The van der Waals surface area contributed by atoms with Crippen LogP contribution in [-0.2, 0) is 0 Å². The lowest BCUT2D eigenvalue weighted by Gasteiger charge is -2.36. The van der Waals surface area contributed by atoms with E-state index in [1.54, 1.807) is 0 Å². The van der Waals surface area contributed by atoms with E-state index in [0.717, 1.165) is 18.2 Å². The number of hydrogen-bond acceptors (Lipinski definition) is 4. The van der Waals surface area contributed by atoms with Gasteiger partial charge in [-0.25, -0.2) is 9.97 Å². The molecule has 4 heteroatoms. The summed E-state index contributed by atoms with van der Waals surface area (Å²) in [4.78, 5) is 13.9. The molecule has 2 atom stereocenters. The molecule has 0 amide bonds. The lowest BCUT2D eigenvalue weighted by molar-refractivity contribution is 0.190. The summed E-state index contributed by atoms with van der Waals surface area (Å²) >= 11 is 0. The Labute approximate surface area is 103 Å². The standard InChI is InChI=1S/C13H20N4/c1-9(2)16-7-12-6-11(16)8-17(12)13-14-5-4-10(3)15-13/h4-5,9,11-12H,6-8H2,1-3H3/t11-,12-/m1/s1. The zero-order valence-electron chi connectivity index (χ0n) is 10.8. The normalized spacial score (nSPS) is 28.4. The Hall–Kier alpha value is -1.16. The molecule has 0 aromatic carbocycles. The molecule has 0 spiro atoms. The van der Waals surface area contributed by atoms with E-state index < -0.39 is 0 Å². The topological polar surface area (TPSA) is 32.3 Å². The van der Waals surface area contributed by atoms with E-state index in [0.29, 0.717) is 18.1 Å². The first-order chi connectivity index (χ1) is 8.15. The van der Waals surface area contributed by atoms with Gasteiger partial charge in [0, 0.05) is 43.1 Å². The third-order valence-corrected chi connectivity index (χ3v) is 3.99. The number of nitrogens with zero attached hydrogens (tertiary/aromatic N) is 4. The van der Waals surface area contributed by atoms with Crippen LogP contribution in [0.1, 0.15) is 26.0 Å². The third kappa shape index (κ3) is 1.80. The summed E-state index contributed by atoms with van der Waals surface area (Å²) in [5.74, 6) is 0.918. The third-order valence-electron chi connectivity index (χ3n) is 3.99. The zero-order chi connectivity index (χ0) is 12.0. The van der Waals surface area contributed by atoms with Gasteiger partial charge in [-0.1, -0.05) is 0 Å². The molecule has 3 rings (SSSR count). The summed E-state index contributed by atoms with van der Waals surface area (Å²) in [6, 6.07) is 3.93. The SMILES string of the molecule is Cc1ccnc(N2C[C@H]3C[C@@H]2CN3C(C)C)n1. The van der Waals surface area contributed by atoms with Crippen molar-refractivity contribution in [2.45, 2.75) is 45.3 Å². The van der Waals surface area contributed by atoms with Crippen LogP contribution in [0.4, 0.5) is 5.95 Å². The highest BCUT2D eigenvalue weighted by Gasteiger charge is 2.44. The minimum atomic E-state index is 0.615. The van der Waals surface area contributed by atoms with Gasteiger partial charge in [0.1, 0.15) is 0 Å². The molecule has 0 unspecified atom stereocenters. The van der Waals surface area contributed by atoms with E-state index in [1.165, 1.54) is 13.0 Å². The van der Waals surface area contributed by atoms with E-state index in [-0.39, 0.29) is 0 Å². The lowest BCUT2D eigenvalue weighted by atomic mass is 10.2. The molecule has 92 valence electrons. The summed E-state index contributed by atoms with van der Waals surface area (Å²) in [6.07, 6.45) is 3.14. The average molecular weight is 232 g/mol. The predicted molar refractivity (Wildman–Crippen MR) is 68.2 cm³/mol. The Kier molecular flexibility index (Phi) is 2.54. The van der Waals surface area contributed by atoms with Crippen molar-refractivity contribution in [3.63, 3.8) is 0 Å². The highest BCUT2D eigenvalue weighted by Crippen LogP contribution is 2.33. The van der Waals surface area contributed by atoms with Crippen LogP contribution in [0, 0.1) is 6.92 Å². The van der Waals surface area contributed by atoms with Crippen molar-refractivity contribution in [2.24, 2.45) is 0 Å². The molecule has 2 fully saturated rings. The number of hydrogen-bond donors (Lipinski definition) is 0. The molecular weight excluding hydrogens is 212 g/mol. The van der Waals surface area contributed by atoms with E-state index in [4.69, 9.17) is 0 Å². The first-order valence-electron chi connectivity index (χ1n) is 6.47. The van der Waals surface area contributed by atoms with Crippen molar-refractivity contribution in [3.05, 3.63) is 18.0 Å². The molecule has 0 aliphatic carbocycles. The smallest absolute Gasteiger partial charge is 0.225 e. The number of aromatic nitrogens is 2. The first kappa shape index (κ1) is 11.0. The monoisotopic (exact) mass is 232 g/mol. The number of rotatable bonds is 2. The summed E-state index contributed by atoms with van der Waals surface area (Å²) in [6.45, 7) is 8.86. The largest absolute Gasteiger partial charge is 0.335 e. The predicted octanol–water partition coefficient (Wildman–Crippen LogP) is 1.46. The van der Waals surface area contributed by atoms with Crippen molar-refractivity contribution in [3.8, 4) is 0 Å². The van der Waals surface area contributed by atoms with Crippen molar-refractivity contribution < 1.29 is 0 Å². The number of piperazine rings is 1. The fourth-order valence-electron chi connectivity index (χ4n) is 3.15.